The van der Waals surface area contributed by atoms with Crippen LogP contribution < -0.4 is 15.2 Å². The van der Waals surface area contributed by atoms with E-state index in [0.717, 1.165) is 41.0 Å². The minimum Gasteiger partial charge on any atom is -0.489 e. The lowest BCUT2D eigenvalue weighted by Gasteiger charge is -2.24. The van der Waals surface area contributed by atoms with Gasteiger partial charge < -0.3 is 15.2 Å². The molecule has 6 nitrogen and oxygen atoms in total. The van der Waals surface area contributed by atoms with Crippen molar-refractivity contribution in [3.8, 4) is 17.7 Å². The highest BCUT2D eigenvalue weighted by molar-refractivity contribution is 6.30. The molecule has 0 saturated carbocycles. The zero-order valence-electron chi connectivity index (χ0n) is 16.5. The molecule has 2 heterocycles. The lowest BCUT2D eigenvalue weighted by Crippen LogP contribution is -2.21. The fraction of sp³-hybridized carbons (Fsp3) is 0.217. The van der Waals surface area contributed by atoms with Gasteiger partial charge in [0.15, 0.2) is 0 Å². The van der Waals surface area contributed by atoms with Gasteiger partial charge in [0, 0.05) is 16.3 Å². The maximum atomic E-state index is 9.73. The number of aromatic amines is 1. The highest BCUT2D eigenvalue weighted by Gasteiger charge is 2.34. The van der Waals surface area contributed by atoms with Gasteiger partial charge in [0.1, 0.15) is 24.0 Å². The number of hydrogen-bond donors (Lipinski definition) is 2. The molecule has 3 N–H and O–H groups in total. The minimum atomic E-state index is -0.329. The summed E-state index contributed by atoms with van der Waals surface area (Å²) in [6, 6.07) is 17.4. The number of nitrogens with one attached hydrogen (secondary N) is 1. The Kier molecular flexibility index (Phi) is 5.64. The first kappa shape index (κ1) is 19.9. The van der Waals surface area contributed by atoms with Crippen molar-refractivity contribution in [3.05, 3.63) is 87.4 Å². The molecule has 1 atom stereocenters. The molecular formula is C23H21ClN4O2. The fourth-order valence-corrected chi connectivity index (χ4v) is 3.71. The van der Waals surface area contributed by atoms with Crippen LogP contribution in [0.4, 0.5) is 0 Å². The molecule has 0 radical (unpaired) electrons. The van der Waals surface area contributed by atoms with E-state index in [0.29, 0.717) is 23.1 Å². The van der Waals surface area contributed by atoms with E-state index in [1.807, 2.05) is 48.5 Å². The zero-order valence-corrected chi connectivity index (χ0v) is 17.2. The summed E-state index contributed by atoms with van der Waals surface area (Å²) >= 11 is 5.92. The van der Waals surface area contributed by atoms with Gasteiger partial charge in [-0.25, -0.2) is 0 Å². The number of H-pyrrole nitrogens is 1. The number of rotatable bonds is 6. The summed E-state index contributed by atoms with van der Waals surface area (Å²) in [5.74, 6) is 0.928. The van der Waals surface area contributed by atoms with Crippen molar-refractivity contribution in [3.63, 3.8) is 0 Å². The van der Waals surface area contributed by atoms with Crippen LogP contribution in [0.2, 0.25) is 5.02 Å². The Bertz CT molecular complexity index is 1110. The van der Waals surface area contributed by atoms with E-state index in [-0.39, 0.29) is 11.8 Å². The Hall–Kier alpha value is -3.43. The van der Waals surface area contributed by atoms with Crippen LogP contribution in [0.15, 0.2) is 60.0 Å². The van der Waals surface area contributed by atoms with Crippen LogP contribution >= 0.6 is 11.6 Å². The quantitative estimate of drug-likeness (QED) is 0.596. The van der Waals surface area contributed by atoms with Crippen molar-refractivity contribution in [2.24, 2.45) is 5.73 Å². The molecule has 0 saturated heterocycles. The summed E-state index contributed by atoms with van der Waals surface area (Å²) < 4.78 is 11.5. The van der Waals surface area contributed by atoms with Crippen molar-refractivity contribution in [2.75, 3.05) is 0 Å². The van der Waals surface area contributed by atoms with Gasteiger partial charge in [0.25, 0.3) is 0 Å². The third-order valence-electron chi connectivity index (χ3n) is 5.05. The van der Waals surface area contributed by atoms with Gasteiger partial charge in [-0.3, -0.25) is 5.10 Å². The number of ether oxygens (including phenoxy) is 2. The standard InChI is InChI=1S/C23H21ClN4O2/c1-2-3-19-21-20(18(12-25)22(26)30-23(21)28-27-19)15-6-10-17(11-7-15)29-13-14-4-8-16(24)9-5-14/h4-11,20H,2-3,13,26H2,1H3,(H,27,28)/t20-/m0/s1. The van der Waals surface area contributed by atoms with Gasteiger partial charge in [0.2, 0.25) is 11.8 Å². The van der Waals surface area contributed by atoms with Crippen LogP contribution in [0, 0.1) is 11.3 Å². The molecule has 30 heavy (non-hydrogen) atoms. The van der Waals surface area contributed by atoms with Crippen molar-refractivity contribution in [1.82, 2.24) is 10.2 Å². The summed E-state index contributed by atoms with van der Waals surface area (Å²) in [7, 11) is 0. The Morgan fingerprint density at radius 1 is 1.20 bits per heavy atom. The molecule has 152 valence electrons. The Balaban J connectivity index is 1.60. The predicted molar refractivity (Wildman–Crippen MR) is 114 cm³/mol. The second-order valence-corrected chi connectivity index (χ2v) is 7.52. The van der Waals surface area contributed by atoms with Gasteiger partial charge >= 0.3 is 0 Å². The number of benzene rings is 2. The molecule has 0 fully saturated rings. The van der Waals surface area contributed by atoms with Gasteiger partial charge in [-0.1, -0.05) is 49.2 Å². The summed E-state index contributed by atoms with van der Waals surface area (Å²) in [4.78, 5) is 0. The van der Waals surface area contributed by atoms with Crippen molar-refractivity contribution in [1.29, 1.82) is 5.26 Å². The maximum absolute atomic E-state index is 9.73. The number of halogens is 1. The molecule has 0 unspecified atom stereocenters. The second-order valence-electron chi connectivity index (χ2n) is 7.08. The van der Waals surface area contributed by atoms with E-state index in [1.54, 1.807) is 0 Å². The van der Waals surface area contributed by atoms with Crippen LogP contribution in [0.25, 0.3) is 0 Å². The Morgan fingerprint density at radius 2 is 1.93 bits per heavy atom. The third kappa shape index (κ3) is 3.85. The normalized spacial score (nSPS) is 15.3. The van der Waals surface area contributed by atoms with E-state index in [4.69, 9.17) is 26.8 Å². The number of hydrogen-bond acceptors (Lipinski definition) is 5. The first-order chi connectivity index (χ1) is 14.6. The number of nitriles is 1. The van der Waals surface area contributed by atoms with E-state index in [1.165, 1.54) is 0 Å². The lowest BCUT2D eigenvalue weighted by molar-refractivity contribution is 0.306. The van der Waals surface area contributed by atoms with Crippen LogP contribution in [-0.2, 0) is 13.0 Å². The lowest BCUT2D eigenvalue weighted by atomic mass is 9.83. The van der Waals surface area contributed by atoms with Crippen LogP contribution in [0.1, 0.15) is 41.6 Å². The number of aryl methyl sites for hydroxylation is 1. The number of fused-ring (bicyclic) bond motifs is 1. The number of aromatic nitrogens is 2. The Morgan fingerprint density at radius 3 is 2.60 bits per heavy atom. The number of allylic oxidation sites excluding steroid dienone is 1. The molecule has 7 heteroatoms. The van der Waals surface area contributed by atoms with E-state index in [2.05, 4.69) is 23.2 Å². The third-order valence-corrected chi connectivity index (χ3v) is 5.30. The van der Waals surface area contributed by atoms with Crippen LogP contribution in [0.3, 0.4) is 0 Å². The smallest absolute Gasteiger partial charge is 0.244 e. The topological polar surface area (TPSA) is 97.0 Å². The monoisotopic (exact) mass is 420 g/mol. The second kappa shape index (κ2) is 8.52. The van der Waals surface area contributed by atoms with Gasteiger partial charge in [-0.05, 0) is 41.8 Å². The predicted octanol–water partition coefficient (Wildman–Crippen LogP) is 4.81. The molecule has 3 aromatic rings. The van der Waals surface area contributed by atoms with Crippen LogP contribution in [0.5, 0.6) is 11.6 Å². The van der Waals surface area contributed by atoms with Crippen molar-refractivity contribution >= 4 is 11.6 Å². The highest BCUT2D eigenvalue weighted by atomic mass is 35.5. The summed E-state index contributed by atoms with van der Waals surface area (Å²) in [6.45, 7) is 2.53. The Labute approximate surface area is 179 Å². The minimum absolute atomic E-state index is 0.0904. The molecular weight excluding hydrogens is 400 g/mol. The maximum Gasteiger partial charge on any atom is 0.244 e. The largest absolute Gasteiger partial charge is 0.489 e. The highest BCUT2D eigenvalue weighted by Crippen LogP contribution is 2.43. The average Bonchev–Trinajstić information content (AvgIpc) is 3.15. The number of nitrogens with two attached hydrogens (primary N) is 1. The first-order valence-electron chi connectivity index (χ1n) is 9.72. The molecule has 2 aromatic carbocycles. The zero-order chi connectivity index (χ0) is 21.1. The molecule has 0 bridgehead atoms. The molecule has 1 aliphatic heterocycles. The SMILES string of the molecule is CCCc1[nH]nc2c1[C@@H](c1ccc(OCc3ccc(Cl)cc3)cc1)C(C#N)=C(N)O2. The average molecular weight is 421 g/mol. The van der Waals surface area contributed by atoms with Crippen LogP contribution in [-0.4, -0.2) is 10.2 Å². The first-order valence-corrected chi connectivity index (χ1v) is 10.1. The molecule has 1 aliphatic rings. The van der Waals surface area contributed by atoms with Gasteiger partial charge in [-0.15, -0.1) is 5.10 Å². The fourth-order valence-electron chi connectivity index (χ4n) is 3.59. The summed E-state index contributed by atoms with van der Waals surface area (Å²) in [5, 5.41) is 17.7. The van der Waals surface area contributed by atoms with E-state index in [9.17, 15) is 5.26 Å². The van der Waals surface area contributed by atoms with Crippen molar-refractivity contribution in [2.45, 2.75) is 32.3 Å². The molecule has 4 rings (SSSR count). The van der Waals surface area contributed by atoms with E-state index < -0.39 is 0 Å². The summed E-state index contributed by atoms with van der Waals surface area (Å²) in [5.41, 5.74) is 10.2. The van der Waals surface area contributed by atoms with Gasteiger partial charge in [0.05, 0.1) is 5.92 Å². The van der Waals surface area contributed by atoms with E-state index >= 15 is 0 Å². The molecule has 0 spiro atoms. The molecule has 1 aromatic heterocycles. The van der Waals surface area contributed by atoms with Gasteiger partial charge in [-0.2, -0.15) is 5.26 Å². The molecule has 0 amide bonds. The molecule has 0 aliphatic carbocycles. The number of nitrogens with zero attached hydrogens (tertiary/aromatic N) is 2. The summed E-state index contributed by atoms with van der Waals surface area (Å²) in [6.07, 6.45) is 1.75. The van der Waals surface area contributed by atoms with Crippen molar-refractivity contribution < 1.29 is 9.47 Å².